The number of piperidine rings is 1. The number of halogens is 4. The molecule has 1 unspecified atom stereocenters. The zero-order chi connectivity index (χ0) is 14.6. The van der Waals surface area contributed by atoms with E-state index in [-0.39, 0.29) is 12.4 Å². The predicted molar refractivity (Wildman–Crippen MR) is 80.6 cm³/mol. The van der Waals surface area contributed by atoms with Crippen LogP contribution >= 0.6 is 12.4 Å². The maximum absolute atomic E-state index is 12.7. The lowest BCUT2D eigenvalue weighted by Gasteiger charge is -2.27. The van der Waals surface area contributed by atoms with Crippen molar-refractivity contribution < 1.29 is 13.2 Å². The zero-order valence-electron chi connectivity index (χ0n) is 12.1. The summed E-state index contributed by atoms with van der Waals surface area (Å²) in [6.45, 7) is 3.56. The van der Waals surface area contributed by atoms with Gasteiger partial charge in [-0.2, -0.15) is 13.2 Å². The average molecular weight is 323 g/mol. The van der Waals surface area contributed by atoms with E-state index in [4.69, 9.17) is 0 Å². The third-order valence-corrected chi connectivity index (χ3v) is 3.68. The number of nitrogens with zero attached hydrogens (tertiary/aromatic N) is 1. The molecule has 0 spiro atoms. The number of hydrogen-bond donors (Lipinski definition) is 1. The van der Waals surface area contributed by atoms with Gasteiger partial charge >= 0.3 is 6.18 Å². The maximum Gasteiger partial charge on any atom is 0.416 e. The van der Waals surface area contributed by atoms with Crippen LogP contribution in [0.25, 0.3) is 0 Å². The molecule has 1 aliphatic rings. The first-order valence-corrected chi connectivity index (χ1v) is 7.00. The summed E-state index contributed by atoms with van der Waals surface area (Å²) in [5.74, 6) is 0.597. The fourth-order valence-corrected chi connectivity index (χ4v) is 2.74. The Morgan fingerprint density at radius 1 is 1.33 bits per heavy atom. The summed E-state index contributed by atoms with van der Waals surface area (Å²) in [6, 6.07) is 5.60. The largest absolute Gasteiger partial charge is 0.416 e. The fourth-order valence-electron chi connectivity index (χ4n) is 2.74. The van der Waals surface area contributed by atoms with Crippen LogP contribution in [0.1, 0.15) is 24.0 Å². The summed E-state index contributed by atoms with van der Waals surface area (Å²) in [6.07, 6.45) is -1.89. The van der Waals surface area contributed by atoms with Gasteiger partial charge in [0.15, 0.2) is 0 Å². The Hall–Kier alpha value is -0.780. The van der Waals surface area contributed by atoms with Crippen LogP contribution in [0.2, 0.25) is 0 Å². The topological polar surface area (TPSA) is 15.3 Å². The molecule has 6 heteroatoms. The molecule has 0 aliphatic carbocycles. The van der Waals surface area contributed by atoms with Gasteiger partial charge in [0.1, 0.15) is 0 Å². The van der Waals surface area contributed by atoms with Gasteiger partial charge in [-0.05, 0) is 50.5 Å². The Bertz CT molecular complexity index is 431. The summed E-state index contributed by atoms with van der Waals surface area (Å²) in [5.41, 5.74) is 0.147. The second-order valence-corrected chi connectivity index (χ2v) is 5.61. The highest BCUT2D eigenvalue weighted by atomic mass is 35.5. The van der Waals surface area contributed by atoms with Crippen LogP contribution in [-0.2, 0) is 12.7 Å². The van der Waals surface area contributed by atoms with E-state index in [1.807, 2.05) is 7.05 Å². The van der Waals surface area contributed by atoms with Gasteiger partial charge in [0, 0.05) is 13.1 Å². The molecule has 0 amide bonds. The third-order valence-electron chi connectivity index (χ3n) is 3.68. The highest BCUT2D eigenvalue weighted by molar-refractivity contribution is 5.85. The Kier molecular flexibility index (Phi) is 6.97. The van der Waals surface area contributed by atoms with Crippen LogP contribution in [0.3, 0.4) is 0 Å². The molecule has 0 radical (unpaired) electrons. The Labute approximate surface area is 130 Å². The van der Waals surface area contributed by atoms with E-state index in [0.29, 0.717) is 18.0 Å². The first kappa shape index (κ1) is 18.3. The van der Waals surface area contributed by atoms with E-state index in [1.54, 1.807) is 6.07 Å². The predicted octanol–water partition coefficient (Wildman–Crippen LogP) is 3.56. The van der Waals surface area contributed by atoms with Crippen molar-refractivity contribution in [3.8, 4) is 0 Å². The van der Waals surface area contributed by atoms with Crippen molar-refractivity contribution in [3.05, 3.63) is 35.4 Å². The third kappa shape index (κ3) is 5.85. The summed E-state index contributed by atoms with van der Waals surface area (Å²) in [7, 11) is 1.97. The van der Waals surface area contributed by atoms with Gasteiger partial charge in [0.2, 0.25) is 0 Å². The standard InChI is InChI=1S/C15H21F3N2.ClH/c1-20(11-13-5-3-7-19-9-13)10-12-4-2-6-14(8-12)15(16,17)18;/h2,4,6,8,13,19H,3,5,7,9-11H2,1H3;1H. The summed E-state index contributed by atoms with van der Waals surface area (Å²) in [4.78, 5) is 2.10. The van der Waals surface area contributed by atoms with Crippen molar-refractivity contribution in [2.45, 2.75) is 25.6 Å². The smallest absolute Gasteiger partial charge is 0.316 e. The molecule has 1 aromatic carbocycles. The minimum Gasteiger partial charge on any atom is -0.316 e. The minimum atomic E-state index is -4.26. The molecule has 1 fully saturated rings. The maximum atomic E-state index is 12.7. The molecule has 0 bridgehead atoms. The summed E-state index contributed by atoms with van der Waals surface area (Å²) >= 11 is 0. The van der Waals surface area contributed by atoms with Gasteiger partial charge in [-0.25, -0.2) is 0 Å². The van der Waals surface area contributed by atoms with Crippen molar-refractivity contribution >= 4 is 12.4 Å². The molecule has 0 saturated carbocycles. The Balaban J connectivity index is 0.00000220. The Morgan fingerprint density at radius 2 is 2.10 bits per heavy atom. The van der Waals surface area contributed by atoms with Crippen molar-refractivity contribution in [1.82, 2.24) is 10.2 Å². The molecule has 120 valence electrons. The normalized spacial score (nSPS) is 19.4. The second-order valence-electron chi connectivity index (χ2n) is 5.61. The lowest BCUT2D eigenvalue weighted by molar-refractivity contribution is -0.137. The molecule has 21 heavy (non-hydrogen) atoms. The quantitative estimate of drug-likeness (QED) is 0.912. The molecule has 0 aromatic heterocycles. The van der Waals surface area contributed by atoms with Crippen molar-refractivity contribution in [2.24, 2.45) is 5.92 Å². The van der Waals surface area contributed by atoms with Gasteiger partial charge in [-0.15, -0.1) is 12.4 Å². The van der Waals surface area contributed by atoms with Gasteiger partial charge < -0.3 is 10.2 Å². The summed E-state index contributed by atoms with van der Waals surface area (Å²) < 4.78 is 38.0. The minimum absolute atomic E-state index is 0. The van der Waals surface area contributed by atoms with E-state index in [9.17, 15) is 13.2 Å². The monoisotopic (exact) mass is 322 g/mol. The summed E-state index contributed by atoms with van der Waals surface area (Å²) in [5, 5.41) is 3.36. The van der Waals surface area contributed by atoms with Crippen molar-refractivity contribution in [2.75, 3.05) is 26.7 Å². The lowest BCUT2D eigenvalue weighted by atomic mass is 9.99. The first-order valence-electron chi connectivity index (χ1n) is 7.00. The number of rotatable bonds is 4. The van der Waals surface area contributed by atoms with Crippen molar-refractivity contribution in [1.29, 1.82) is 0 Å². The van der Waals surface area contributed by atoms with E-state index >= 15 is 0 Å². The molecule has 1 saturated heterocycles. The van der Waals surface area contributed by atoms with Crippen LogP contribution in [0, 0.1) is 5.92 Å². The average Bonchev–Trinajstić information content (AvgIpc) is 2.39. The van der Waals surface area contributed by atoms with E-state index < -0.39 is 11.7 Å². The molecule has 1 heterocycles. The molecule has 1 atom stereocenters. The van der Waals surface area contributed by atoms with Crippen LogP contribution in [0.5, 0.6) is 0 Å². The number of alkyl halides is 3. The van der Waals surface area contributed by atoms with Crippen LogP contribution < -0.4 is 5.32 Å². The van der Waals surface area contributed by atoms with E-state index in [0.717, 1.165) is 25.7 Å². The van der Waals surface area contributed by atoms with Gasteiger partial charge in [-0.1, -0.05) is 18.2 Å². The van der Waals surface area contributed by atoms with E-state index in [2.05, 4.69) is 10.2 Å². The van der Waals surface area contributed by atoms with Crippen molar-refractivity contribution in [3.63, 3.8) is 0 Å². The highest BCUT2D eigenvalue weighted by Gasteiger charge is 2.30. The van der Waals surface area contributed by atoms with Crippen LogP contribution in [0.15, 0.2) is 24.3 Å². The first-order chi connectivity index (χ1) is 9.45. The van der Waals surface area contributed by atoms with Crippen LogP contribution in [-0.4, -0.2) is 31.6 Å². The molecular weight excluding hydrogens is 301 g/mol. The molecule has 1 aliphatic heterocycles. The van der Waals surface area contributed by atoms with Gasteiger partial charge in [0.05, 0.1) is 5.56 Å². The molecule has 1 N–H and O–H groups in total. The second kappa shape index (κ2) is 8.01. The highest BCUT2D eigenvalue weighted by Crippen LogP contribution is 2.29. The molecule has 2 nitrogen and oxygen atoms in total. The molecule has 1 aromatic rings. The number of hydrogen-bond acceptors (Lipinski definition) is 2. The lowest BCUT2D eigenvalue weighted by Crippen LogP contribution is -2.36. The molecule has 2 rings (SSSR count). The van der Waals surface area contributed by atoms with Crippen LogP contribution in [0.4, 0.5) is 13.2 Å². The van der Waals surface area contributed by atoms with Gasteiger partial charge in [0.25, 0.3) is 0 Å². The number of nitrogens with one attached hydrogen (secondary N) is 1. The Morgan fingerprint density at radius 3 is 2.71 bits per heavy atom. The van der Waals surface area contributed by atoms with E-state index in [1.165, 1.54) is 25.0 Å². The zero-order valence-corrected chi connectivity index (χ0v) is 12.9. The van der Waals surface area contributed by atoms with Gasteiger partial charge in [-0.3, -0.25) is 0 Å². The fraction of sp³-hybridized carbons (Fsp3) is 0.600. The SMILES string of the molecule is CN(Cc1cccc(C(F)(F)F)c1)CC1CCCNC1.Cl. The number of benzene rings is 1. The molecular formula is C15H22ClF3N2.